The van der Waals surface area contributed by atoms with Crippen molar-refractivity contribution in [2.24, 2.45) is 5.92 Å². The molecular formula is C22H25N3O2S. The number of aryl methyl sites for hydroxylation is 1. The minimum absolute atomic E-state index is 0.000617. The molecule has 0 saturated heterocycles. The molecule has 3 N–H and O–H groups in total. The molecule has 0 radical (unpaired) electrons. The minimum atomic E-state index is -0.153. The molecule has 0 atom stereocenters. The van der Waals surface area contributed by atoms with Crippen LogP contribution in [0.5, 0.6) is 0 Å². The first kappa shape index (κ1) is 20.0. The van der Waals surface area contributed by atoms with E-state index in [0.29, 0.717) is 10.7 Å². The van der Waals surface area contributed by atoms with Crippen molar-refractivity contribution in [2.45, 2.75) is 39.0 Å². The predicted molar refractivity (Wildman–Crippen MR) is 117 cm³/mol. The molecule has 3 rings (SSSR count). The summed E-state index contributed by atoms with van der Waals surface area (Å²) >= 11 is 5.28. The van der Waals surface area contributed by atoms with Crippen molar-refractivity contribution < 1.29 is 9.59 Å². The molecule has 1 aliphatic carbocycles. The van der Waals surface area contributed by atoms with Gasteiger partial charge in [0.1, 0.15) is 0 Å². The fraction of sp³-hybridized carbons (Fsp3) is 0.318. The van der Waals surface area contributed by atoms with Gasteiger partial charge in [-0.2, -0.15) is 0 Å². The summed E-state index contributed by atoms with van der Waals surface area (Å²) in [6.45, 7) is 1.91. The molecule has 5 nitrogen and oxygen atoms in total. The van der Waals surface area contributed by atoms with E-state index in [1.807, 2.05) is 43.3 Å². The van der Waals surface area contributed by atoms with E-state index in [-0.39, 0.29) is 17.7 Å². The molecule has 0 heterocycles. The molecule has 0 spiro atoms. The first-order chi connectivity index (χ1) is 13.5. The minimum Gasteiger partial charge on any atom is -0.332 e. The van der Waals surface area contributed by atoms with E-state index in [4.69, 9.17) is 12.2 Å². The number of amides is 2. The van der Waals surface area contributed by atoms with E-state index in [1.54, 1.807) is 12.1 Å². The van der Waals surface area contributed by atoms with Gasteiger partial charge in [0.25, 0.3) is 5.91 Å². The van der Waals surface area contributed by atoms with Crippen molar-refractivity contribution in [3.05, 3.63) is 59.7 Å². The standard InChI is InChI=1S/C22H25N3O2S/c1-15-14-18(23-22(28)25-21(27)17-10-6-3-7-11-17)12-13-19(15)24-20(26)16-8-4-2-5-9-16/h2,4-5,8-9,12-14,17H,3,6-7,10-11H2,1H3,(H,24,26)(H2,23,25,27,28). The third-order valence-corrected chi connectivity index (χ3v) is 5.19. The molecule has 2 aromatic rings. The van der Waals surface area contributed by atoms with Gasteiger partial charge in [-0.25, -0.2) is 0 Å². The molecule has 146 valence electrons. The van der Waals surface area contributed by atoms with E-state index in [2.05, 4.69) is 16.0 Å². The van der Waals surface area contributed by atoms with E-state index in [9.17, 15) is 9.59 Å². The average molecular weight is 396 g/mol. The number of hydrogen-bond donors (Lipinski definition) is 3. The highest BCUT2D eigenvalue weighted by Gasteiger charge is 2.21. The molecule has 28 heavy (non-hydrogen) atoms. The van der Waals surface area contributed by atoms with Crippen LogP contribution < -0.4 is 16.0 Å². The van der Waals surface area contributed by atoms with Crippen LogP contribution in [0.4, 0.5) is 11.4 Å². The van der Waals surface area contributed by atoms with Gasteiger partial charge in [0, 0.05) is 22.9 Å². The summed E-state index contributed by atoms with van der Waals surface area (Å²) in [5, 5.41) is 9.06. The van der Waals surface area contributed by atoms with Gasteiger partial charge in [-0.15, -0.1) is 0 Å². The molecule has 0 aromatic heterocycles. The van der Waals surface area contributed by atoms with Crippen molar-refractivity contribution in [3.8, 4) is 0 Å². The fourth-order valence-corrected chi connectivity index (χ4v) is 3.63. The molecule has 2 aromatic carbocycles. The Bertz CT molecular complexity index is 861. The first-order valence-electron chi connectivity index (χ1n) is 9.62. The molecule has 1 saturated carbocycles. The lowest BCUT2D eigenvalue weighted by Crippen LogP contribution is -2.39. The Morgan fingerprint density at radius 1 is 0.964 bits per heavy atom. The van der Waals surface area contributed by atoms with E-state index in [0.717, 1.165) is 42.6 Å². The van der Waals surface area contributed by atoms with Gasteiger partial charge < -0.3 is 16.0 Å². The van der Waals surface area contributed by atoms with Crippen molar-refractivity contribution in [1.82, 2.24) is 5.32 Å². The van der Waals surface area contributed by atoms with Crippen LogP contribution in [0.25, 0.3) is 0 Å². The third-order valence-electron chi connectivity index (χ3n) is 4.98. The van der Waals surface area contributed by atoms with Gasteiger partial charge in [0.15, 0.2) is 5.11 Å². The van der Waals surface area contributed by atoms with Gasteiger partial charge in [-0.1, -0.05) is 37.5 Å². The van der Waals surface area contributed by atoms with Crippen LogP contribution in [0.15, 0.2) is 48.5 Å². The maximum Gasteiger partial charge on any atom is 0.255 e. The third kappa shape index (κ3) is 5.39. The fourth-order valence-electron chi connectivity index (χ4n) is 3.41. The lowest BCUT2D eigenvalue weighted by Gasteiger charge is -2.21. The topological polar surface area (TPSA) is 70.2 Å². The number of nitrogens with one attached hydrogen (secondary N) is 3. The highest BCUT2D eigenvalue weighted by Crippen LogP contribution is 2.24. The van der Waals surface area contributed by atoms with Gasteiger partial charge >= 0.3 is 0 Å². The zero-order valence-corrected chi connectivity index (χ0v) is 16.8. The maximum absolute atomic E-state index is 12.3. The number of hydrogen-bond acceptors (Lipinski definition) is 3. The Balaban J connectivity index is 1.56. The van der Waals surface area contributed by atoms with Crippen molar-refractivity contribution in [3.63, 3.8) is 0 Å². The van der Waals surface area contributed by atoms with Crippen LogP contribution in [0.2, 0.25) is 0 Å². The summed E-state index contributed by atoms with van der Waals surface area (Å²) in [6.07, 6.45) is 5.28. The number of carbonyl (C=O) groups is 2. The summed E-state index contributed by atoms with van der Waals surface area (Å²) in [5.41, 5.74) is 3.01. The van der Waals surface area contributed by atoms with Crippen molar-refractivity contribution >= 4 is 40.5 Å². The van der Waals surface area contributed by atoms with Crippen LogP contribution in [0, 0.1) is 12.8 Å². The predicted octanol–water partition coefficient (Wildman–Crippen LogP) is 4.64. The number of thiocarbonyl (C=S) groups is 1. The highest BCUT2D eigenvalue weighted by molar-refractivity contribution is 7.80. The van der Waals surface area contributed by atoms with Crippen LogP contribution >= 0.6 is 12.2 Å². The lowest BCUT2D eigenvalue weighted by molar-refractivity contribution is -0.124. The zero-order valence-electron chi connectivity index (χ0n) is 16.0. The molecule has 0 bridgehead atoms. The molecule has 6 heteroatoms. The Hall–Kier alpha value is -2.73. The smallest absolute Gasteiger partial charge is 0.255 e. The largest absolute Gasteiger partial charge is 0.332 e. The Labute approximate surface area is 170 Å². The summed E-state index contributed by atoms with van der Waals surface area (Å²) in [6, 6.07) is 14.6. The van der Waals surface area contributed by atoms with E-state index >= 15 is 0 Å². The van der Waals surface area contributed by atoms with Gasteiger partial charge in [-0.3, -0.25) is 9.59 Å². The zero-order chi connectivity index (χ0) is 19.9. The number of rotatable bonds is 4. The monoisotopic (exact) mass is 395 g/mol. The van der Waals surface area contributed by atoms with Gasteiger partial charge in [0.05, 0.1) is 0 Å². The molecular weight excluding hydrogens is 370 g/mol. The van der Waals surface area contributed by atoms with Crippen LogP contribution in [-0.2, 0) is 4.79 Å². The molecule has 0 unspecified atom stereocenters. The molecule has 1 aliphatic rings. The van der Waals surface area contributed by atoms with Crippen LogP contribution in [0.1, 0.15) is 48.0 Å². The quantitative estimate of drug-likeness (QED) is 0.660. The maximum atomic E-state index is 12.3. The van der Waals surface area contributed by atoms with Crippen LogP contribution in [0.3, 0.4) is 0 Å². The summed E-state index contributed by atoms with van der Waals surface area (Å²) in [7, 11) is 0. The van der Waals surface area contributed by atoms with Crippen LogP contribution in [-0.4, -0.2) is 16.9 Å². The first-order valence-corrected chi connectivity index (χ1v) is 10.0. The summed E-state index contributed by atoms with van der Waals surface area (Å²) in [5.74, 6) is -0.0915. The second-order valence-electron chi connectivity index (χ2n) is 7.13. The molecule has 2 amide bonds. The lowest BCUT2D eigenvalue weighted by atomic mass is 9.89. The average Bonchev–Trinajstić information content (AvgIpc) is 2.71. The van der Waals surface area contributed by atoms with Crippen molar-refractivity contribution in [2.75, 3.05) is 10.6 Å². The second kappa shape index (κ2) is 9.46. The number of anilines is 2. The Morgan fingerprint density at radius 2 is 1.68 bits per heavy atom. The number of carbonyl (C=O) groups excluding carboxylic acids is 2. The second-order valence-corrected chi connectivity index (χ2v) is 7.54. The molecule has 1 fully saturated rings. The summed E-state index contributed by atoms with van der Waals surface area (Å²) < 4.78 is 0. The number of benzene rings is 2. The SMILES string of the molecule is Cc1cc(NC(=S)NC(=O)C2CCCCC2)ccc1NC(=O)c1ccccc1. The highest BCUT2D eigenvalue weighted by atomic mass is 32.1. The molecule has 0 aliphatic heterocycles. The van der Waals surface area contributed by atoms with E-state index in [1.165, 1.54) is 6.42 Å². The summed E-state index contributed by atoms with van der Waals surface area (Å²) in [4.78, 5) is 24.6. The van der Waals surface area contributed by atoms with E-state index < -0.39 is 0 Å². The van der Waals surface area contributed by atoms with Gasteiger partial charge in [-0.05, 0) is 67.9 Å². The normalized spacial score (nSPS) is 14.2. The Kier molecular flexibility index (Phi) is 6.76. The van der Waals surface area contributed by atoms with Crippen molar-refractivity contribution in [1.29, 1.82) is 0 Å². The van der Waals surface area contributed by atoms with Gasteiger partial charge in [0.2, 0.25) is 5.91 Å². The Morgan fingerprint density at radius 3 is 2.36 bits per heavy atom.